The minimum atomic E-state index is -3.62. The smallest absolute Gasteiger partial charge is 0.259 e. The number of ether oxygens (including phenoxy) is 2. The Morgan fingerprint density at radius 3 is 2.79 bits per heavy atom. The average molecular weight is 418 g/mol. The van der Waals surface area contributed by atoms with Crippen LogP contribution in [0.2, 0.25) is 0 Å². The van der Waals surface area contributed by atoms with Gasteiger partial charge in [-0.2, -0.15) is 5.26 Å². The Kier molecular flexibility index (Phi) is 6.15. The lowest BCUT2D eigenvalue weighted by Gasteiger charge is -2.13. The summed E-state index contributed by atoms with van der Waals surface area (Å²) in [5, 5.41) is 11.5. The van der Waals surface area contributed by atoms with E-state index in [1.54, 1.807) is 6.07 Å². The zero-order chi connectivity index (χ0) is 21.0. The van der Waals surface area contributed by atoms with Crippen LogP contribution < -0.4 is 10.1 Å². The van der Waals surface area contributed by atoms with E-state index < -0.39 is 21.6 Å². The highest BCUT2D eigenvalue weighted by atomic mass is 32.2. The molecule has 0 unspecified atom stereocenters. The maximum absolute atomic E-state index is 13.5. The largest absolute Gasteiger partial charge is 0.496 e. The summed E-state index contributed by atoms with van der Waals surface area (Å²) >= 11 is 0. The molecule has 2 aromatic carbocycles. The molecule has 1 aliphatic heterocycles. The van der Waals surface area contributed by atoms with Crippen LogP contribution in [0, 0.1) is 23.1 Å². The Labute approximate surface area is 168 Å². The number of hydrogen-bond acceptors (Lipinski definition) is 6. The van der Waals surface area contributed by atoms with Crippen molar-refractivity contribution >= 4 is 21.4 Å². The summed E-state index contributed by atoms with van der Waals surface area (Å²) in [6, 6.07) is 9.33. The number of halogens is 1. The van der Waals surface area contributed by atoms with Gasteiger partial charge in [0, 0.05) is 12.3 Å². The number of carbonyl (C=O) groups is 1. The van der Waals surface area contributed by atoms with Crippen LogP contribution in [0.25, 0.3) is 0 Å². The van der Waals surface area contributed by atoms with Gasteiger partial charge in [0.1, 0.15) is 17.6 Å². The third kappa shape index (κ3) is 4.72. The van der Waals surface area contributed by atoms with Crippen LogP contribution in [0.5, 0.6) is 5.75 Å². The molecule has 1 aliphatic rings. The van der Waals surface area contributed by atoms with Crippen LogP contribution in [0.1, 0.15) is 22.3 Å². The quantitative estimate of drug-likeness (QED) is 0.773. The van der Waals surface area contributed by atoms with Gasteiger partial charge < -0.3 is 14.8 Å². The molecule has 1 fully saturated rings. The lowest BCUT2D eigenvalue weighted by Crippen LogP contribution is -2.18. The fourth-order valence-corrected chi connectivity index (χ4v) is 4.72. The molecule has 0 aliphatic carbocycles. The van der Waals surface area contributed by atoms with Gasteiger partial charge in [-0.25, -0.2) is 12.8 Å². The molecule has 1 heterocycles. The van der Waals surface area contributed by atoms with E-state index in [1.165, 1.54) is 37.4 Å². The van der Waals surface area contributed by atoms with E-state index in [9.17, 15) is 17.6 Å². The molecular weight excluding hydrogens is 399 g/mol. The molecule has 3 rings (SSSR count). The topological polar surface area (TPSA) is 105 Å². The summed E-state index contributed by atoms with van der Waals surface area (Å²) in [6.07, 6.45) is 0.675. The number of nitrogens with zero attached hydrogens (tertiary/aromatic N) is 1. The van der Waals surface area contributed by atoms with E-state index in [0.29, 0.717) is 19.6 Å². The van der Waals surface area contributed by atoms with Gasteiger partial charge in [-0.05, 0) is 48.7 Å². The minimum Gasteiger partial charge on any atom is -0.496 e. The number of amides is 1. The minimum absolute atomic E-state index is 0.00664. The lowest BCUT2D eigenvalue weighted by atomic mass is 10.1. The number of rotatable bonds is 6. The van der Waals surface area contributed by atoms with E-state index in [0.717, 1.165) is 6.07 Å². The van der Waals surface area contributed by atoms with Crippen LogP contribution in [0.4, 0.5) is 10.1 Å². The molecule has 1 atom stereocenters. The Bertz CT molecular complexity index is 1070. The molecule has 1 amide bonds. The van der Waals surface area contributed by atoms with Crippen molar-refractivity contribution in [2.24, 2.45) is 5.92 Å². The number of hydrogen-bond donors (Lipinski definition) is 1. The number of carbonyl (C=O) groups excluding carboxylic acids is 1. The van der Waals surface area contributed by atoms with Crippen molar-refractivity contribution < 1.29 is 27.1 Å². The third-order valence-corrected chi connectivity index (χ3v) is 6.48. The fraction of sp³-hybridized carbons (Fsp3) is 0.300. The van der Waals surface area contributed by atoms with E-state index in [-0.39, 0.29) is 39.1 Å². The standard InChI is InChI=1S/C20H19FN2O5S/c1-27-19-5-3-16(29(25,26)12-13-6-7-28-11-13)9-17(19)20(24)23-15-2-4-18(21)14(8-15)10-22/h2-5,8-9,13H,6-7,11-12H2,1H3,(H,23,24)/t13-/m0/s1. The highest BCUT2D eigenvalue weighted by molar-refractivity contribution is 7.91. The van der Waals surface area contributed by atoms with Crippen molar-refractivity contribution in [3.8, 4) is 11.8 Å². The van der Waals surface area contributed by atoms with Crippen LogP contribution in [0.3, 0.4) is 0 Å². The number of nitriles is 1. The number of nitrogens with one attached hydrogen (secondary N) is 1. The highest BCUT2D eigenvalue weighted by Crippen LogP contribution is 2.27. The van der Waals surface area contributed by atoms with Crippen molar-refractivity contribution in [1.82, 2.24) is 0 Å². The third-order valence-electron chi connectivity index (χ3n) is 4.60. The van der Waals surface area contributed by atoms with E-state index in [4.69, 9.17) is 14.7 Å². The molecule has 7 nitrogen and oxygen atoms in total. The maximum atomic E-state index is 13.5. The second-order valence-corrected chi connectivity index (χ2v) is 8.67. The number of anilines is 1. The zero-order valence-electron chi connectivity index (χ0n) is 15.6. The molecule has 9 heteroatoms. The summed E-state index contributed by atoms with van der Waals surface area (Å²) in [6.45, 7) is 0.938. The molecule has 0 spiro atoms. The average Bonchev–Trinajstić information content (AvgIpc) is 3.21. The van der Waals surface area contributed by atoms with Crippen molar-refractivity contribution in [2.45, 2.75) is 11.3 Å². The first-order valence-corrected chi connectivity index (χ1v) is 10.5. The van der Waals surface area contributed by atoms with Crippen molar-refractivity contribution in [3.63, 3.8) is 0 Å². The van der Waals surface area contributed by atoms with Gasteiger partial charge in [0.05, 0.1) is 35.5 Å². The SMILES string of the molecule is COc1ccc(S(=O)(=O)C[C@H]2CCOC2)cc1C(=O)Nc1ccc(F)c(C#N)c1. The molecule has 0 radical (unpaired) electrons. The van der Waals surface area contributed by atoms with Gasteiger partial charge in [0.25, 0.3) is 5.91 Å². The van der Waals surface area contributed by atoms with E-state index in [2.05, 4.69) is 5.32 Å². The second kappa shape index (κ2) is 8.59. The van der Waals surface area contributed by atoms with Gasteiger partial charge >= 0.3 is 0 Å². The molecule has 1 N–H and O–H groups in total. The van der Waals surface area contributed by atoms with Gasteiger partial charge in [-0.1, -0.05) is 0 Å². The predicted molar refractivity (Wildman–Crippen MR) is 103 cm³/mol. The Hall–Kier alpha value is -2.96. The summed E-state index contributed by atoms with van der Waals surface area (Å²) in [5.41, 5.74) is -0.00433. The first-order chi connectivity index (χ1) is 13.8. The summed E-state index contributed by atoms with van der Waals surface area (Å²) in [5.74, 6) is -1.30. The predicted octanol–water partition coefficient (Wildman–Crippen LogP) is 2.77. The first kappa shape index (κ1) is 20.8. The van der Waals surface area contributed by atoms with Crippen LogP contribution in [-0.2, 0) is 14.6 Å². The summed E-state index contributed by atoms with van der Waals surface area (Å²) in [7, 11) is -2.26. The number of benzene rings is 2. The Morgan fingerprint density at radius 1 is 1.34 bits per heavy atom. The van der Waals surface area contributed by atoms with Crippen LogP contribution in [-0.4, -0.2) is 40.4 Å². The second-order valence-electron chi connectivity index (χ2n) is 6.63. The Balaban J connectivity index is 1.88. The first-order valence-electron chi connectivity index (χ1n) is 8.83. The van der Waals surface area contributed by atoms with E-state index >= 15 is 0 Å². The molecule has 1 saturated heterocycles. The maximum Gasteiger partial charge on any atom is 0.259 e. The van der Waals surface area contributed by atoms with Gasteiger partial charge in [-0.3, -0.25) is 4.79 Å². The molecule has 152 valence electrons. The summed E-state index contributed by atoms with van der Waals surface area (Å²) in [4.78, 5) is 12.7. The highest BCUT2D eigenvalue weighted by Gasteiger charge is 2.26. The molecule has 2 aromatic rings. The molecule has 0 saturated carbocycles. The van der Waals surface area contributed by atoms with Crippen LogP contribution >= 0.6 is 0 Å². The fourth-order valence-electron chi connectivity index (χ4n) is 3.07. The number of methoxy groups -OCH3 is 1. The van der Waals surface area contributed by atoms with Crippen molar-refractivity contribution in [1.29, 1.82) is 5.26 Å². The Morgan fingerprint density at radius 2 is 2.14 bits per heavy atom. The van der Waals surface area contributed by atoms with Crippen molar-refractivity contribution in [2.75, 3.05) is 31.4 Å². The van der Waals surface area contributed by atoms with Crippen molar-refractivity contribution in [3.05, 3.63) is 53.3 Å². The van der Waals surface area contributed by atoms with E-state index in [1.807, 2.05) is 0 Å². The lowest BCUT2D eigenvalue weighted by molar-refractivity contribution is 0.102. The molecular formula is C20H19FN2O5S. The normalized spacial score (nSPS) is 16.2. The number of sulfone groups is 1. The van der Waals surface area contributed by atoms with Gasteiger partial charge in [-0.15, -0.1) is 0 Å². The molecule has 0 bridgehead atoms. The summed E-state index contributed by atoms with van der Waals surface area (Å²) < 4.78 is 49.4. The van der Waals surface area contributed by atoms with Gasteiger partial charge in [0.2, 0.25) is 0 Å². The zero-order valence-corrected chi connectivity index (χ0v) is 16.5. The van der Waals surface area contributed by atoms with Crippen LogP contribution in [0.15, 0.2) is 41.3 Å². The monoisotopic (exact) mass is 418 g/mol. The molecule has 29 heavy (non-hydrogen) atoms. The van der Waals surface area contributed by atoms with Gasteiger partial charge in [0.15, 0.2) is 9.84 Å². The molecule has 0 aromatic heterocycles.